The highest BCUT2D eigenvalue weighted by Gasteiger charge is 2.21. The van der Waals surface area contributed by atoms with Crippen LogP contribution in [0.4, 0.5) is 5.82 Å². The third-order valence-electron chi connectivity index (χ3n) is 3.88. The molecule has 0 atom stereocenters. The van der Waals surface area contributed by atoms with Crippen molar-refractivity contribution in [2.75, 3.05) is 5.32 Å². The number of carbonyl (C=O) groups is 1. The van der Waals surface area contributed by atoms with Crippen LogP contribution in [0.1, 0.15) is 42.9 Å². The Morgan fingerprint density at radius 2 is 2.30 bits per heavy atom. The van der Waals surface area contributed by atoms with Crippen molar-refractivity contribution < 1.29 is 9.21 Å². The Labute approximate surface area is 118 Å². The van der Waals surface area contributed by atoms with Crippen molar-refractivity contribution in [1.29, 1.82) is 0 Å². The molecule has 1 amide bonds. The lowest BCUT2D eigenvalue weighted by Gasteiger charge is -2.03. The van der Waals surface area contributed by atoms with Gasteiger partial charge in [0.1, 0.15) is 5.82 Å². The molecule has 20 heavy (non-hydrogen) atoms. The summed E-state index contributed by atoms with van der Waals surface area (Å²) >= 11 is 0. The number of aryl methyl sites for hydroxylation is 1. The molecule has 1 saturated carbocycles. The number of carbonyl (C=O) groups excluding carboxylic acids is 1. The molecular formula is C15H19N3O2. The Morgan fingerprint density at radius 3 is 3.00 bits per heavy atom. The van der Waals surface area contributed by atoms with Gasteiger partial charge < -0.3 is 9.73 Å². The van der Waals surface area contributed by atoms with E-state index in [1.54, 1.807) is 23.3 Å². The highest BCUT2D eigenvalue weighted by molar-refractivity contribution is 5.91. The van der Waals surface area contributed by atoms with E-state index < -0.39 is 0 Å². The van der Waals surface area contributed by atoms with E-state index in [0.29, 0.717) is 12.3 Å². The molecule has 2 aromatic heterocycles. The average molecular weight is 273 g/mol. The normalized spacial score (nSPS) is 15.7. The van der Waals surface area contributed by atoms with Gasteiger partial charge in [0.15, 0.2) is 0 Å². The number of nitrogens with one attached hydrogen (secondary N) is 1. The minimum Gasteiger partial charge on any atom is -0.472 e. The summed E-state index contributed by atoms with van der Waals surface area (Å²) < 4.78 is 6.71. The van der Waals surface area contributed by atoms with Crippen LogP contribution < -0.4 is 5.32 Å². The van der Waals surface area contributed by atoms with Crippen LogP contribution in [0.3, 0.4) is 0 Å². The molecule has 5 nitrogen and oxygen atoms in total. The molecular weight excluding hydrogens is 254 g/mol. The summed E-state index contributed by atoms with van der Waals surface area (Å²) in [4.78, 5) is 12.0. The van der Waals surface area contributed by atoms with Gasteiger partial charge in [-0.05, 0) is 24.5 Å². The van der Waals surface area contributed by atoms with Crippen LogP contribution in [0.25, 0.3) is 0 Å². The fourth-order valence-corrected chi connectivity index (χ4v) is 2.79. The molecule has 1 aliphatic rings. The molecule has 0 saturated heterocycles. The monoisotopic (exact) mass is 273 g/mol. The van der Waals surface area contributed by atoms with Gasteiger partial charge in [-0.2, -0.15) is 5.10 Å². The highest BCUT2D eigenvalue weighted by Crippen LogP contribution is 2.34. The summed E-state index contributed by atoms with van der Waals surface area (Å²) in [5.74, 6) is 1.27. The van der Waals surface area contributed by atoms with Gasteiger partial charge in [-0.3, -0.25) is 9.48 Å². The SMILES string of the molecule is Cn1nc(C2CCCC2)cc1NC(=O)Cc1ccoc1. The molecule has 0 bridgehead atoms. The fourth-order valence-electron chi connectivity index (χ4n) is 2.79. The summed E-state index contributed by atoms with van der Waals surface area (Å²) in [7, 11) is 1.87. The molecule has 2 heterocycles. The number of furan rings is 1. The van der Waals surface area contributed by atoms with Crippen molar-refractivity contribution in [3.63, 3.8) is 0 Å². The van der Waals surface area contributed by atoms with E-state index in [1.807, 2.05) is 13.1 Å². The topological polar surface area (TPSA) is 60.1 Å². The van der Waals surface area contributed by atoms with Crippen LogP contribution in [0, 0.1) is 0 Å². The zero-order chi connectivity index (χ0) is 13.9. The first kappa shape index (κ1) is 13.0. The van der Waals surface area contributed by atoms with E-state index in [9.17, 15) is 4.79 Å². The minimum absolute atomic E-state index is 0.0487. The third-order valence-corrected chi connectivity index (χ3v) is 3.88. The standard InChI is InChI=1S/C15H19N3O2/c1-18-14(9-13(17-18)12-4-2-3-5-12)16-15(19)8-11-6-7-20-10-11/h6-7,9-10,12H,2-5,8H2,1H3,(H,16,19). The summed E-state index contributed by atoms with van der Waals surface area (Å²) in [5.41, 5.74) is 1.98. The van der Waals surface area contributed by atoms with Gasteiger partial charge in [-0.1, -0.05) is 12.8 Å². The molecule has 3 rings (SSSR count). The second-order valence-corrected chi connectivity index (χ2v) is 5.42. The molecule has 1 N–H and O–H groups in total. The maximum Gasteiger partial charge on any atom is 0.230 e. The maximum absolute atomic E-state index is 12.0. The van der Waals surface area contributed by atoms with E-state index in [2.05, 4.69) is 10.4 Å². The lowest BCUT2D eigenvalue weighted by atomic mass is 10.0. The van der Waals surface area contributed by atoms with Crippen LogP contribution in [-0.4, -0.2) is 15.7 Å². The van der Waals surface area contributed by atoms with E-state index in [0.717, 1.165) is 17.1 Å². The molecule has 5 heteroatoms. The van der Waals surface area contributed by atoms with Crippen molar-refractivity contribution in [3.8, 4) is 0 Å². The molecule has 0 spiro atoms. The summed E-state index contributed by atoms with van der Waals surface area (Å²) in [6, 6.07) is 3.80. The average Bonchev–Trinajstić information content (AvgIpc) is 3.12. The van der Waals surface area contributed by atoms with Crippen LogP contribution in [-0.2, 0) is 18.3 Å². The number of hydrogen-bond donors (Lipinski definition) is 1. The first-order valence-electron chi connectivity index (χ1n) is 7.07. The number of aromatic nitrogens is 2. The second-order valence-electron chi connectivity index (χ2n) is 5.42. The predicted octanol–water partition coefficient (Wildman–Crippen LogP) is 2.85. The predicted molar refractivity (Wildman–Crippen MR) is 75.5 cm³/mol. The molecule has 0 unspecified atom stereocenters. The number of hydrogen-bond acceptors (Lipinski definition) is 3. The Morgan fingerprint density at radius 1 is 1.50 bits per heavy atom. The molecule has 1 fully saturated rings. The number of amides is 1. The van der Waals surface area contributed by atoms with Crippen LogP contribution >= 0.6 is 0 Å². The molecule has 106 valence electrons. The Bertz CT molecular complexity index is 580. The number of anilines is 1. The van der Waals surface area contributed by atoms with Crippen molar-refractivity contribution >= 4 is 11.7 Å². The molecule has 0 radical (unpaired) electrons. The van der Waals surface area contributed by atoms with Gasteiger partial charge in [0.25, 0.3) is 0 Å². The van der Waals surface area contributed by atoms with Gasteiger partial charge in [-0.15, -0.1) is 0 Å². The summed E-state index contributed by atoms with van der Waals surface area (Å²) in [6.45, 7) is 0. The van der Waals surface area contributed by atoms with Gasteiger partial charge in [0.05, 0.1) is 24.6 Å². The zero-order valence-corrected chi connectivity index (χ0v) is 11.6. The first-order valence-corrected chi connectivity index (χ1v) is 7.07. The highest BCUT2D eigenvalue weighted by atomic mass is 16.3. The van der Waals surface area contributed by atoms with E-state index in [1.165, 1.54) is 25.7 Å². The number of rotatable bonds is 4. The third kappa shape index (κ3) is 2.76. The lowest BCUT2D eigenvalue weighted by Crippen LogP contribution is -2.16. The van der Waals surface area contributed by atoms with Crippen LogP contribution in [0.2, 0.25) is 0 Å². The first-order chi connectivity index (χ1) is 9.72. The van der Waals surface area contributed by atoms with Crippen molar-refractivity contribution in [2.24, 2.45) is 7.05 Å². The van der Waals surface area contributed by atoms with Gasteiger partial charge in [-0.25, -0.2) is 0 Å². The molecule has 1 aliphatic carbocycles. The fraction of sp³-hybridized carbons (Fsp3) is 0.467. The Kier molecular flexibility index (Phi) is 3.58. The zero-order valence-electron chi connectivity index (χ0n) is 11.6. The Hall–Kier alpha value is -2.04. The minimum atomic E-state index is -0.0487. The van der Waals surface area contributed by atoms with Gasteiger partial charge in [0, 0.05) is 19.0 Å². The second kappa shape index (κ2) is 5.53. The molecule has 2 aromatic rings. The molecule has 0 aromatic carbocycles. The largest absolute Gasteiger partial charge is 0.472 e. The Balaban J connectivity index is 1.66. The van der Waals surface area contributed by atoms with Gasteiger partial charge in [0.2, 0.25) is 5.91 Å². The maximum atomic E-state index is 12.0. The summed E-state index contributed by atoms with van der Waals surface area (Å²) in [5, 5.41) is 7.44. The molecule has 0 aliphatic heterocycles. The van der Waals surface area contributed by atoms with Crippen molar-refractivity contribution in [1.82, 2.24) is 9.78 Å². The van der Waals surface area contributed by atoms with Crippen LogP contribution in [0.5, 0.6) is 0 Å². The van der Waals surface area contributed by atoms with Gasteiger partial charge >= 0.3 is 0 Å². The van der Waals surface area contributed by atoms with E-state index in [4.69, 9.17) is 4.42 Å². The quantitative estimate of drug-likeness (QED) is 0.931. The van der Waals surface area contributed by atoms with E-state index >= 15 is 0 Å². The van der Waals surface area contributed by atoms with Crippen LogP contribution in [0.15, 0.2) is 29.1 Å². The van der Waals surface area contributed by atoms with Crippen molar-refractivity contribution in [2.45, 2.75) is 38.0 Å². The van der Waals surface area contributed by atoms with Crippen molar-refractivity contribution in [3.05, 3.63) is 35.9 Å². The smallest absolute Gasteiger partial charge is 0.230 e. The lowest BCUT2D eigenvalue weighted by molar-refractivity contribution is -0.115. The summed E-state index contributed by atoms with van der Waals surface area (Å²) in [6.07, 6.45) is 8.46. The van der Waals surface area contributed by atoms with E-state index in [-0.39, 0.29) is 5.91 Å². The number of nitrogens with zero attached hydrogens (tertiary/aromatic N) is 2.